The van der Waals surface area contributed by atoms with Crippen LogP contribution in [0.5, 0.6) is 5.75 Å². The van der Waals surface area contributed by atoms with Crippen molar-refractivity contribution in [2.24, 2.45) is 7.05 Å². The molecule has 1 saturated heterocycles. The molecule has 0 saturated carbocycles. The van der Waals surface area contributed by atoms with Gasteiger partial charge in [0.1, 0.15) is 5.82 Å². The summed E-state index contributed by atoms with van der Waals surface area (Å²) in [6.45, 7) is 3.38. The largest absolute Gasteiger partial charge is 0.478 e. The van der Waals surface area contributed by atoms with E-state index in [0.717, 1.165) is 54.3 Å². The molecular formula is C22H25ClN6O3. The molecule has 0 aliphatic carbocycles. The van der Waals surface area contributed by atoms with Crippen LogP contribution in [0.1, 0.15) is 0 Å². The Hall–Kier alpha value is -3.30. The predicted octanol–water partition coefficient (Wildman–Crippen LogP) is 1.86. The molecule has 1 aliphatic rings. The molecule has 3 heterocycles. The van der Waals surface area contributed by atoms with Crippen molar-refractivity contribution in [1.82, 2.24) is 20.2 Å². The van der Waals surface area contributed by atoms with Gasteiger partial charge in [-0.3, -0.25) is 9.59 Å². The van der Waals surface area contributed by atoms with Gasteiger partial charge in [0.15, 0.2) is 12.4 Å². The number of halogens is 1. The van der Waals surface area contributed by atoms with E-state index in [9.17, 15) is 9.59 Å². The third kappa shape index (κ3) is 4.63. The lowest BCUT2D eigenvalue weighted by molar-refractivity contribution is -0.122. The lowest BCUT2D eigenvalue weighted by Crippen LogP contribution is -2.43. The number of pyridine rings is 2. The molecule has 10 heteroatoms. The highest BCUT2D eigenvalue weighted by Gasteiger charge is 2.14. The highest BCUT2D eigenvalue weighted by molar-refractivity contribution is 6.33. The smallest absolute Gasteiger partial charge is 0.293 e. The van der Waals surface area contributed by atoms with Crippen LogP contribution in [0.15, 0.2) is 41.3 Å². The van der Waals surface area contributed by atoms with Gasteiger partial charge in [-0.1, -0.05) is 11.6 Å². The molecule has 0 radical (unpaired) electrons. The second kappa shape index (κ2) is 9.46. The van der Waals surface area contributed by atoms with E-state index in [1.54, 1.807) is 19.3 Å². The number of carbonyl (C=O) groups excluding carboxylic acids is 1. The van der Waals surface area contributed by atoms with Crippen molar-refractivity contribution in [1.29, 1.82) is 0 Å². The number of aromatic nitrogens is 2. The minimum absolute atomic E-state index is 0.115. The van der Waals surface area contributed by atoms with E-state index in [1.165, 1.54) is 11.6 Å². The van der Waals surface area contributed by atoms with Gasteiger partial charge in [0.25, 0.3) is 11.5 Å². The summed E-state index contributed by atoms with van der Waals surface area (Å²) < 4.78 is 6.93. The quantitative estimate of drug-likeness (QED) is 0.520. The molecule has 0 atom stereocenters. The first-order chi connectivity index (χ1) is 15.5. The predicted molar refractivity (Wildman–Crippen MR) is 126 cm³/mol. The van der Waals surface area contributed by atoms with Crippen molar-refractivity contribution < 1.29 is 9.53 Å². The van der Waals surface area contributed by atoms with Gasteiger partial charge < -0.3 is 30.2 Å². The molecule has 9 nitrogen and oxygen atoms in total. The lowest BCUT2D eigenvalue weighted by Gasteiger charge is -2.28. The number of carbonyl (C=O) groups is 1. The molecule has 3 aromatic rings. The summed E-state index contributed by atoms with van der Waals surface area (Å²) in [6.07, 6.45) is 1.65. The van der Waals surface area contributed by atoms with E-state index in [0.29, 0.717) is 5.02 Å². The number of hydrogen-bond donors (Lipinski definition) is 3. The average Bonchev–Trinajstić information content (AvgIpc) is 2.82. The molecular weight excluding hydrogens is 432 g/mol. The van der Waals surface area contributed by atoms with Crippen molar-refractivity contribution in [2.75, 3.05) is 50.1 Å². The summed E-state index contributed by atoms with van der Waals surface area (Å²) in [5, 5.41) is 10.5. The van der Waals surface area contributed by atoms with Crippen LogP contribution in [0.25, 0.3) is 10.9 Å². The zero-order valence-corrected chi connectivity index (χ0v) is 18.7. The first-order valence-corrected chi connectivity index (χ1v) is 10.7. The number of aryl methyl sites for hydroxylation is 1. The number of nitrogens with zero attached hydrogens (tertiary/aromatic N) is 3. The third-order valence-electron chi connectivity index (χ3n) is 5.39. The Morgan fingerprint density at radius 3 is 2.78 bits per heavy atom. The second-order valence-electron chi connectivity index (χ2n) is 7.49. The molecule has 0 spiro atoms. The monoisotopic (exact) mass is 456 g/mol. The van der Waals surface area contributed by atoms with Gasteiger partial charge in [0, 0.05) is 57.4 Å². The van der Waals surface area contributed by atoms with E-state index < -0.39 is 0 Å². The number of nitrogens with one attached hydrogen (secondary N) is 3. The Bertz CT molecular complexity index is 1210. The third-order valence-corrected chi connectivity index (χ3v) is 5.69. The number of hydrogen-bond acceptors (Lipinski definition) is 7. The van der Waals surface area contributed by atoms with Crippen LogP contribution in [0, 0.1) is 0 Å². The minimum Gasteiger partial charge on any atom is -0.478 e. The summed E-state index contributed by atoms with van der Waals surface area (Å²) in [5.74, 6) is 0.672. The number of amides is 1. The maximum atomic E-state index is 12.5. The van der Waals surface area contributed by atoms with E-state index in [-0.39, 0.29) is 23.8 Å². The van der Waals surface area contributed by atoms with E-state index in [1.807, 2.05) is 24.3 Å². The molecule has 1 aliphatic heterocycles. The van der Waals surface area contributed by atoms with Crippen LogP contribution in [0.4, 0.5) is 17.2 Å². The van der Waals surface area contributed by atoms with Gasteiger partial charge in [-0.05, 0) is 24.3 Å². The standard InChI is InChI=1S/C22H25ClN6O3/c1-24-21(30)13-32-19-10-14-9-15(3-4-18(14)28(2)22(19)31)27-17-11-20(26-12-16(17)23)29-7-5-25-6-8-29/h3-4,9-12,25H,5-8,13H2,1-2H3,(H,24,30)(H,26,27). The summed E-state index contributed by atoms with van der Waals surface area (Å²) in [6, 6.07) is 9.23. The Balaban J connectivity index is 1.63. The van der Waals surface area contributed by atoms with E-state index in [4.69, 9.17) is 16.3 Å². The van der Waals surface area contributed by atoms with E-state index in [2.05, 4.69) is 25.8 Å². The van der Waals surface area contributed by atoms with Crippen molar-refractivity contribution in [2.45, 2.75) is 0 Å². The van der Waals surface area contributed by atoms with Crippen molar-refractivity contribution >= 4 is 45.6 Å². The number of ether oxygens (including phenoxy) is 1. The fraction of sp³-hybridized carbons (Fsp3) is 0.318. The van der Waals surface area contributed by atoms with Crippen LogP contribution in [-0.2, 0) is 11.8 Å². The van der Waals surface area contributed by atoms with Crippen LogP contribution in [-0.4, -0.2) is 55.3 Å². The highest BCUT2D eigenvalue weighted by atomic mass is 35.5. The molecule has 2 aromatic heterocycles. The normalized spacial score (nSPS) is 13.8. The van der Waals surface area contributed by atoms with Crippen molar-refractivity contribution in [3.63, 3.8) is 0 Å². The first kappa shape index (κ1) is 21.9. The van der Waals surface area contributed by atoms with Gasteiger partial charge in [0.2, 0.25) is 0 Å². The van der Waals surface area contributed by atoms with Gasteiger partial charge >= 0.3 is 0 Å². The zero-order valence-electron chi connectivity index (χ0n) is 17.9. The Morgan fingerprint density at radius 2 is 2.03 bits per heavy atom. The van der Waals surface area contributed by atoms with Crippen LogP contribution in [0.2, 0.25) is 5.02 Å². The number of fused-ring (bicyclic) bond motifs is 1. The first-order valence-electron chi connectivity index (χ1n) is 10.3. The summed E-state index contributed by atoms with van der Waals surface area (Å²) in [7, 11) is 3.18. The number of likely N-dealkylation sites (N-methyl/N-ethyl adjacent to an activating group) is 1. The molecule has 32 heavy (non-hydrogen) atoms. The second-order valence-corrected chi connectivity index (χ2v) is 7.90. The molecule has 0 unspecified atom stereocenters. The Labute approximate surface area is 190 Å². The average molecular weight is 457 g/mol. The summed E-state index contributed by atoms with van der Waals surface area (Å²) in [4.78, 5) is 30.7. The number of rotatable bonds is 6. The van der Waals surface area contributed by atoms with Crippen molar-refractivity contribution in [3.8, 4) is 5.75 Å². The van der Waals surface area contributed by atoms with Crippen LogP contribution < -0.4 is 31.1 Å². The maximum Gasteiger partial charge on any atom is 0.293 e. The Morgan fingerprint density at radius 1 is 1.25 bits per heavy atom. The van der Waals surface area contributed by atoms with Crippen LogP contribution in [0.3, 0.4) is 0 Å². The molecule has 0 bridgehead atoms. The molecule has 1 aromatic carbocycles. The fourth-order valence-corrected chi connectivity index (χ4v) is 3.75. The number of piperazine rings is 1. The number of benzene rings is 1. The van der Waals surface area contributed by atoms with Crippen LogP contribution >= 0.6 is 11.6 Å². The van der Waals surface area contributed by atoms with Gasteiger partial charge in [0.05, 0.1) is 22.4 Å². The fourth-order valence-electron chi connectivity index (χ4n) is 3.60. The molecule has 1 fully saturated rings. The summed E-state index contributed by atoms with van der Waals surface area (Å²) >= 11 is 6.40. The molecule has 3 N–H and O–H groups in total. The minimum atomic E-state index is -0.310. The van der Waals surface area contributed by atoms with E-state index >= 15 is 0 Å². The molecule has 168 valence electrons. The lowest BCUT2D eigenvalue weighted by atomic mass is 10.1. The maximum absolute atomic E-state index is 12.5. The van der Waals surface area contributed by atoms with Gasteiger partial charge in [-0.25, -0.2) is 4.98 Å². The Kier molecular flexibility index (Phi) is 6.48. The SMILES string of the molecule is CNC(=O)COc1cc2cc(Nc3cc(N4CCNCC4)ncc3Cl)ccc2n(C)c1=O. The molecule has 1 amide bonds. The van der Waals surface area contributed by atoms with Gasteiger partial charge in [-0.15, -0.1) is 0 Å². The zero-order chi connectivity index (χ0) is 22.7. The number of anilines is 3. The highest BCUT2D eigenvalue weighted by Crippen LogP contribution is 2.30. The van der Waals surface area contributed by atoms with Crippen molar-refractivity contribution in [3.05, 3.63) is 51.9 Å². The van der Waals surface area contributed by atoms with Gasteiger partial charge in [-0.2, -0.15) is 0 Å². The summed E-state index contributed by atoms with van der Waals surface area (Å²) in [5.41, 5.74) is 1.98. The molecule has 4 rings (SSSR count). The topological polar surface area (TPSA) is 101 Å².